The van der Waals surface area contributed by atoms with Gasteiger partial charge in [-0.25, -0.2) is 0 Å². The second-order valence-electron chi connectivity index (χ2n) is 4.23. The lowest BCUT2D eigenvalue weighted by Crippen LogP contribution is -2.37. The maximum Gasteiger partial charge on any atom is 0.318 e. The molecule has 98 valence electrons. The summed E-state index contributed by atoms with van der Waals surface area (Å²) in [5, 5.41) is 11.9. The quantitative estimate of drug-likeness (QED) is 0.825. The molecule has 0 atom stereocenters. The number of carbonyl (C=O) groups is 2. The molecule has 1 amide bonds. The summed E-state index contributed by atoms with van der Waals surface area (Å²) in [6.45, 7) is 2.64. The molecule has 0 spiro atoms. The molecule has 0 unspecified atom stereocenters. The first-order valence-electron chi connectivity index (χ1n) is 5.17. The van der Waals surface area contributed by atoms with Gasteiger partial charge in [0.05, 0.1) is 12.8 Å². The fourth-order valence-electron chi connectivity index (χ4n) is 1.15. The summed E-state index contributed by atoms with van der Waals surface area (Å²) in [7, 11) is 1.45. The van der Waals surface area contributed by atoms with E-state index in [0.29, 0.717) is 16.5 Å². The van der Waals surface area contributed by atoms with Crippen LogP contribution in [0.2, 0.25) is 5.02 Å². The van der Waals surface area contributed by atoms with E-state index < -0.39 is 17.3 Å². The molecule has 0 heterocycles. The normalized spacial score (nSPS) is 10.9. The largest absolute Gasteiger partial charge is 0.495 e. The Kier molecular flexibility index (Phi) is 4.19. The second kappa shape index (κ2) is 5.27. The average Bonchev–Trinajstić information content (AvgIpc) is 2.29. The molecule has 0 aliphatic carbocycles. The molecule has 0 radical (unpaired) electrons. The van der Waals surface area contributed by atoms with E-state index in [1.165, 1.54) is 27.0 Å². The van der Waals surface area contributed by atoms with E-state index in [0.717, 1.165) is 0 Å². The van der Waals surface area contributed by atoms with E-state index in [1.807, 2.05) is 0 Å². The van der Waals surface area contributed by atoms with Gasteiger partial charge in [-0.05, 0) is 32.0 Å². The number of methoxy groups -OCH3 is 1. The number of nitrogens with one attached hydrogen (secondary N) is 1. The fourth-order valence-corrected chi connectivity index (χ4v) is 1.33. The predicted molar refractivity (Wildman–Crippen MR) is 68.1 cm³/mol. The summed E-state index contributed by atoms with van der Waals surface area (Å²) >= 11 is 5.81. The molecule has 5 nitrogen and oxygen atoms in total. The van der Waals surface area contributed by atoms with Crippen LogP contribution in [0.5, 0.6) is 5.75 Å². The van der Waals surface area contributed by atoms with Crippen LogP contribution in [0, 0.1) is 5.41 Å². The van der Waals surface area contributed by atoms with Crippen molar-refractivity contribution in [3.63, 3.8) is 0 Å². The fraction of sp³-hybridized carbons (Fsp3) is 0.333. The predicted octanol–water partition coefficient (Wildman–Crippen LogP) is 2.40. The van der Waals surface area contributed by atoms with Crippen molar-refractivity contribution in [1.82, 2.24) is 0 Å². The van der Waals surface area contributed by atoms with Crippen LogP contribution >= 0.6 is 11.6 Å². The maximum atomic E-state index is 11.9. The Balaban J connectivity index is 3.01. The first kappa shape index (κ1) is 14.3. The molecule has 6 heteroatoms. The van der Waals surface area contributed by atoms with E-state index in [9.17, 15) is 9.59 Å². The topological polar surface area (TPSA) is 75.6 Å². The van der Waals surface area contributed by atoms with E-state index >= 15 is 0 Å². The van der Waals surface area contributed by atoms with Crippen molar-refractivity contribution >= 4 is 29.2 Å². The molecule has 0 saturated carbocycles. The van der Waals surface area contributed by atoms with Crippen LogP contribution in [0.1, 0.15) is 13.8 Å². The van der Waals surface area contributed by atoms with Gasteiger partial charge in [-0.3, -0.25) is 9.59 Å². The van der Waals surface area contributed by atoms with Gasteiger partial charge in [0.25, 0.3) is 0 Å². The minimum atomic E-state index is -1.53. The molecule has 18 heavy (non-hydrogen) atoms. The Morgan fingerprint density at radius 1 is 1.39 bits per heavy atom. The summed E-state index contributed by atoms with van der Waals surface area (Å²) in [6, 6.07) is 4.69. The van der Waals surface area contributed by atoms with Gasteiger partial charge in [-0.2, -0.15) is 0 Å². The highest BCUT2D eigenvalue weighted by molar-refractivity contribution is 6.31. The average molecular weight is 272 g/mol. The molecule has 0 bridgehead atoms. The Labute approximate surface area is 110 Å². The van der Waals surface area contributed by atoms with Crippen LogP contribution < -0.4 is 10.1 Å². The number of hydrogen-bond donors (Lipinski definition) is 2. The smallest absolute Gasteiger partial charge is 0.318 e. The van der Waals surface area contributed by atoms with E-state index in [1.54, 1.807) is 12.1 Å². The summed E-state index contributed by atoms with van der Waals surface area (Å²) in [6.07, 6.45) is 0. The van der Waals surface area contributed by atoms with Crippen molar-refractivity contribution in [1.29, 1.82) is 0 Å². The van der Waals surface area contributed by atoms with Crippen LogP contribution in [0.3, 0.4) is 0 Å². The van der Waals surface area contributed by atoms with Crippen molar-refractivity contribution in [3.8, 4) is 5.75 Å². The van der Waals surface area contributed by atoms with Crippen LogP contribution in [-0.4, -0.2) is 24.1 Å². The number of halogens is 1. The number of benzene rings is 1. The zero-order valence-electron chi connectivity index (χ0n) is 10.3. The van der Waals surface area contributed by atoms with Crippen LogP contribution in [0.15, 0.2) is 18.2 Å². The highest BCUT2D eigenvalue weighted by atomic mass is 35.5. The molecule has 0 aliphatic heterocycles. The molecule has 0 aliphatic rings. The molecule has 1 rings (SSSR count). The lowest BCUT2D eigenvalue weighted by molar-refractivity contribution is -0.151. The number of carboxylic acid groups (broad SMARTS) is 1. The van der Waals surface area contributed by atoms with E-state index in [4.69, 9.17) is 21.4 Å². The first-order valence-corrected chi connectivity index (χ1v) is 5.55. The Morgan fingerprint density at radius 2 is 2.00 bits per heavy atom. The lowest BCUT2D eigenvalue weighted by atomic mass is 9.92. The third-order valence-corrected chi connectivity index (χ3v) is 2.75. The molecular weight excluding hydrogens is 258 g/mol. The summed E-state index contributed by atoms with van der Waals surface area (Å²) < 4.78 is 5.05. The van der Waals surface area contributed by atoms with Gasteiger partial charge in [-0.15, -0.1) is 0 Å². The number of hydrogen-bond acceptors (Lipinski definition) is 3. The maximum absolute atomic E-state index is 11.9. The van der Waals surface area contributed by atoms with Gasteiger partial charge in [0.1, 0.15) is 11.2 Å². The van der Waals surface area contributed by atoms with Gasteiger partial charge in [0.2, 0.25) is 5.91 Å². The SMILES string of the molecule is COc1ccc(Cl)cc1NC(=O)C(C)(C)C(=O)O. The molecule has 1 aromatic rings. The van der Waals surface area contributed by atoms with Crippen molar-refractivity contribution < 1.29 is 19.4 Å². The third-order valence-electron chi connectivity index (χ3n) is 2.51. The van der Waals surface area contributed by atoms with Crippen molar-refractivity contribution in [2.45, 2.75) is 13.8 Å². The number of anilines is 1. The van der Waals surface area contributed by atoms with Gasteiger partial charge in [0, 0.05) is 5.02 Å². The monoisotopic (exact) mass is 271 g/mol. The second-order valence-corrected chi connectivity index (χ2v) is 4.67. The minimum Gasteiger partial charge on any atom is -0.495 e. The van der Waals surface area contributed by atoms with Gasteiger partial charge in [0.15, 0.2) is 0 Å². The molecule has 0 aromatic heterocycles. The van der Waals surface area contributed by atoms with Crippen LogP contribution in [-0.2, 0) is 9.59 Å². The van der Waals surface area contributed by atoms with Crippen molar-refractivity contribution in [2.24, 2.45) is 5.41 Å². The molecule has 1 aromatic carbocycles. The Bertz CT molecular complexity index is 485. The zero-order valence-corrected chi connectivity index (χ0v) is 11.0. The standard InChI is InChI=1S/C12H14ClNO4/c1-12(2,11(16)17)10(15)14-8-6-7(13)4-5-9(8)18-3/h4-6H,1-3H3,(H,14,15)(H,16,17). The molecule has 0 fully saturated rings. The molecule has 2 N–H and O–H groups in total. The van der Waals surface area contributed by atoms with E-state index in [-0.39, 0.29) is 0 Å². The van der Waals surface area contributed by atoms with E-state index in [2.05, 4.69) is 5.32 Å². The highest BCUT2D eigenvalue weighted by Crippen LogP contribution is 2.29. The number of carbonyl (C=O) groups excluding carboxylic acids is 1. The Morgan fingerprint density at radius 3 is 2.50 bits per heavy atom. The number of carboxylic acids is 1. The Hall–Kier alpha value is -1.75. The number of aliphatic carboxylic acids is 1. The number of ether oxygens (including phenoxy) is 1. The van der Waals surface area contributed by atoms with Crippen LogP contribution in [0.25, 0.3) is 0 Å². The summed E-state index contributed by atoms with van der Waals surface area (Å²) in [4.78, 5) is 22.8. The van der Waals surface area contributed by atoms with Gasteiger partial charge >= 0.3 is 5.97 Å². The van der Waals surface area contributed by atoms with Crippen molar-refractivity contribution in [2.75, 3.05) is 12.4 Å². The third kappa shape index (κ3) is 2.92. The highest BCUT2D eigenvalue weighted by Gasteiger charge is 2.36. The molecule has 0 saturated heterocycles. The van der Waals surface area contributed by atoms with Crippen molar-refractivity contribution in [3.05, 3.63) is 23.2 Å². The first-order chi connectivity index (χ1) is 8.28. The van der Waals surface area contributed by atoms with Crippen LogP contribution in [0.4, 0.5) is 5.69 Å². The van der Waals surface area contributed by atoms with Gasteiger partial charge < -0.3 is 15.2 Å². The lowest BCUT2D eigenvalue weighted by Gasteiger charge is -2.19. The summed E-state index contributed by atoms with van der Waals surface area (Å²) in [5.41, 5.74) is -1.20. The minimum absolute atomic E-state index is 0.337. The van der Waals surface area contributed by atoms with Gasteiger partial charge in [-0.1, -0.05) is 11.6 Å². The molecular formula is C12H14ClNO4. The summed E-state index contributed by atoms with van der Waals surface area (Å²) in [5.74, 6) is -1.44. The number of rotatable bonds is 4. The zero-order chi connectivity index (χ0) is 13.9. The number of amides is 1.